The van der Waals surface area contributed by atoms with Crippen molar-refractivity contribution >= 4 is 27.7 Å². The van der Waals surface area contributed by atoms with Crippen molar-refractivity contribution in [3.05, 3.63) is 30.3 Å². The monoisotopic (exact) mass is 441 g/mol. The largest absolute Gasteiger partial charge is 0.458 e. The lowest BCUT2D eigenvalue weighted by Gasteiger charge is -2.26. The number of ketones is 1. The summed E-state index contributed by atoms with van der Waals surface area (Å²) < 4.78 is 35.1. The smallest absolute Gasteiger partial charge is 0.408 e. The number of amides is 1. The van der Waals surface area contributed by atoms with Crippen LogP contribution in [-0.2, 0) is 28.9 Å². The zero-order valence-electron chi connectivity index (χ0n) is 18.4. The van der Waals surface area contributed by atoms with Gasteiger partial charge in [-0.25, -0.2) is 18.0 Å². The van der Waals surface area contributed by atoms with Crippen molar-refractivity contribution < 1.29 is 32.3 Å². The van der Waals surface area contributed by atoms with Gasteiger partial charge in [0, 0.05) is 6.42 Å². The van der Waals surface area contributed by atoms with Crippen molar-refractivity contribution in [2.75, 3.05) is 5.75 Å². The van der Waals surface area contributed by atoms with Crippen LogP contribution < -0.4 is 5.32 Å². The topological polar surface area (TPSA) is 116 Å². The Morgan fingerprint density at radius 2 is 1.47 bits per heavy atom. The molecule has 1 aromatic carbocycles. The fraction of sp³-hybridized carbons (Fsp3) is 0.571. The highest BCUT2D eigenvalue weighted by molar-refractivity contribution is 7.92. The highest BCUT2D eigenvalue weighted by Crippen LogP contribution is 2.15. The molecule has 1 rings (SSSR count). The molecule has 0 aliphatic carbocycles. The lowest BCUT2D eigenvalue weighted by Crippen LogP contribution is -2.46. The van der Waals surface area contributed by atoms with Gasteiger partial charge in [0.1, 0.15) is 28.8 Å². The van der Waals surface area contributed by atoms with Crippen LogP contribution in [0.2, 0.25) is 0 Å². The molecule has 0 bridgehead atoms. The van der Waals surface area contributed by atoms with Crippen LogP contribution in [0.15, 0.2) is 35.2 Å². The summed E-state index contributed by atoms with van der Waals surface area (Å²) in [5.74, 6) is -1.99. The standard InChI is InChI=1S/C21H31NO7S/c1-20(2,3)28-18(24)17(22-19(25)29-21(4,5)6)13-12-15(23)14-30(26,27)16-10-8-7-9-11-16/h7-11,17H,12-14H2,1-6H3,(H,22,25). The molecule has 0 radical (unpaired) electrons. The first kappa shape index (κ1) is 25.6. The van der Waals surface area contributed by atoms with Crippen LogP contribution in [0.5, 0.6) is 0 Å². The van der Waals surface area contributed by atoms with Gasteiger partial charge in [0.05, 0.1) is 4.90 Å². The van der Waals surface area contributed by atoms with Crippen LogP contribution in [0.1, 0.15) is 54.4 Å². The first-order valence-electron chi connectivity index (χ1n) is 9.61. The minimum absolute atomic E-state index is 0.0499. The van der Waals surface area contributed by atoms with Gasteiger partial charge in [-0.15, -0.1) is 0 Å². The van der Waals surface area contributed by atoms with Gasteiger partial charge in [-0.3, -0.25) is 4.79 Å². The van der Waals surface area contributed by atoms with E-state index in [-0.39, 0.29) is 17.7 Å². The molecule has 168 valence electrons. The molecule has 9 heteroatoms. The lowest BCUT2D eigenvalue weighted by atomic mass is 10.1. The third kappa shape index (κ3) is 9.87. The Labute approximate surface area is 178 Å². The second kappa shape index (κ2) is 10.1. The third-order valence-electron chi connectivity index (χ3n) is 3.55. The van der Waals surface area contributed by atoms with Crippen molar-refractivity contribution in [1.29, 1.82) is 0 Å². The molecule has 1 aromatic rings. The number of esters is 1. The first-order valence-corrected chi connectivity index (χ1v) is 11.3. The predicted molar refractivity (Wildman–Crippen MR) is 112 cm³/mol. The molecule has 0 saturated carbocycles. The van der Waals surface area contributed by atoms with E-state index in [1.54, 1.807) is 59.7 Å². The van der Waals surface area contributed by atoms with Crippen molar-refractivity contribution in [2.45, 2.75) is 76.5 Å². The number of hydrogen-bond donors (Lipinski definition) is 1. The lowest BCUT2D eigenvalue weighted by molar-refractivity contribution is -0.157. The van der Waals surface area contributed by atoms with E-state index >= 15 is 0 Å². The summed E-state index contributed by atoms with van der Waals surface area (Å²) in [7, 11) is -3.78. The molecule has 0 aromatic heterocycles. The summed E-state index contributed by atoms with van der Waals surface area (Å²) in [6, 6.07) is 6.49. The Morgan fingerprint density at radius 1 is 0.933 bits per heavy atom. The van der Waals surface area contributed by atoms with E-state index in [4.69, 9.17) is 9.47 Å². The predicted octanol–water partition coefficient (Wildman–Crippen LogP) is 3.04. The second-order valence-electron chi connectivity index (χ2n) is 8.88. The molecule has 0 aliphatic heterocycles. The Morgan fingerprint density at radius 3 is 1.97 bits per heavy atom. The Hall–Kier alpha value is -2.42. The molecule has 0 saturated heterocycles. The molecule has 0 aliphatic rings. The summed E-state index contributed by atoms with van der Waals surface area (Å²) in [5, 5.41) is 2.41. The summed E-state index contributed by atoms with van der Waals surface area (Å²) in [4.78, 5) is 36.9. The molecule has 1 amide bonds. The van der Waals surface area contributed by atoms with Crippen molar-refractivity contribution in [1.82, 2.24) is 5.32 Å². The summed E-state index contributed by atoms with van der Waals surface area (Å²) in [6.45, 7) is 10.0. The second-order valence-corrected chi connectivity index (χ2v) is 10.9. The molecule has 1 atom stereocenters. The van der Waals surface area contributed by atoms with Gasteiger partial charge in [0.25, 0.3) is 0 Å². The van der Waals surface area contributed by atoms with Gasteiger partial charge < -0.3 is 14.8 Å². The number of ether oxygens (including phenoxy) is 2. The van der Waals surface area contributed by atoms with E-state index in [1.807, 2.05) is 0 Å². The highest BCUT2D eigenvalue weighted by Gasteiger charge is 2.30. The maximum atomic E-state index is 12.5. The minimum Gasteiger partial charge on any atom is -0.458 e. The number of Topliss-reactive ketones (excluding diaryl/α,β-unsaturated/α-hetero) is 1. The number of carbonyl (C=O) groups excluding carboxylic acids is 3. The minimum atomic E-state index is -3.78. The molecular formula is C21H31NO7S. The molecule has 0 fully saturated rings. The molecule has 8 nitrogen and oxygen atoms in total. The van der Waals surface area contributed by atoms with E-state index in [1.165, 1.54) is 12.1 Å². The van der Waals surface area contributed by atoms with Gasteiger partial charge in [0.2, 0.25) is 0 Å². The van der Waals surface area contributed by atoms with Gasteiger partial charge in [0.15, 0.2) is 9.84 Å². The number of carbonyl (C=O) groups is 3. The van der Waals surface area contributed by atoms with E-state index in [2.05, 4.69) is 5.32 Å². The number of alkyl carbamates (subject to hydrolysis) is 1. The third-order valence-corrected chi connectivity index (χ3v) is 5.24. The number of rotatable bonds is 8. The van der Waals surface area contributed by atoms with E-state index in [9.17, 15) is 22.8 Å². The Kier molecular flexibility index (Phi) is 8.59. The zero-order valence-corrected chi connectivity index (χ0v) is 19.2. The number of sulfone groups is 1. The molecule has 30 heavy (non-hydrogen) atoms. The van der Waals surface area contributed by atoms with Crippen LogP contribution in [0, 0.1) is 0 Å². The van der Waals surface area contributed by atoms with Gasteiger partial charge >= 0.3 is 12.1 Å². The number of hydrogen-bond acceptors (Lipinski definition) is 7. The van der Waals surface area contributed by atoms with Gasteiger partial charge in [-0.1, -0.05) is 18.2 Å². The van der Waals surface area contributed by atoms with Crippen LogP contribution in [0.4, 0.5) is 4.79 Å². The first-order chi connectivity index (χ1) is 13.6. The van der Waals surface area contributed by atoms with Crippen molar-refractivity contribution in [3.63, 3.8) is 0 Å². The molecule has 0 spiro atoms. The van der Waals surface area contributed by atoms with Crippen LogP contribution >= 0.6 is 0 Å². The highest BCUT2D eigenvalue weighted by atomic mass is 32.2. The molecule has 1 unspecified atom stereocenters. The van der Waals surface area contributed by atoms with Crippen LogP contribution in [0.25, 0.3) is 0 Å². The van der Waals surface area contributed by atoms with Crippen LogP contribution in [0.3, 0.4) is 0 Å². The van der Waals surface area contributed by atoms with Gasteiger partial charge in [-0.2, -0.15) is 0 Å². The van der Waals surface area contributed by atoms with E-state index < -0.39 is 50.7 Å². The zero-order chi connectivity index (χ0) is 23.2. The van der Waals surface area contributed by atoms with Crippen LogP contribution in [-0.4, -0.2) is 49.3 Å². The van der Waals surface area contributed by atoms with E-state index in [0.29, 0.717) is 0 Å². The normalized spacial score (nSPS) is 13.3. The molecular weight excluding hydrogens is 410 g/mol. The fourth-order valence-electron chi connectivity index (χ4n) is 2.37. The summed E-state index contributed by atoms with van der Waals surface area (Å²) in [5.41, 5.74) is -1.58. The Bertz CT molecular complexity index is 850. The Balaban J connectivity index is 2.81. The molecule has 0 heterocycles. The van der Waals surface area contributed by atoms with Crippen molar-refractivity contribution in [3.8, 4) is 0 Å². The molecule has 1 N–H and O–H groups in total. The van der Waals surface area contributed by atoms with Gasteiger partial charge in [-0.05, 0) is 60.1 Å². The fourth-order valence-corrected chi connectivity index (χ4v) is 3.68. The summed E-state index contributed by atoms with van der Waals surface area (Å²) in [6.07, 6.45) is -1.17. The average molecular weight is 442 g/mol. The quantitative estimate of drug-likeness (QED) is 0.616. The maximum Gasteiger partial charge on any atom is 0.408 e. The SMILES string of the molecule is CC(C)(C)OC(=O)NC(CCC(=O)CS(=O)(=O)c1ccccc1)C(=O)OC(C)(C)C. The maximum absolute atomic E-state index is 12.5. The summed E-state index contributed by atoms with van der Waals surface area (Å²) >= 11 is 0. The number of benzene rings is 1. The van der Waals surface area contributed by atoms with E-state index in [0.717, 1.165) is 0 Å². The van der Waals surface area contributed by atoms with Crippen molar-refractivity contribution in [2.24, 2.45) is 0 Å². The number of nitrogens with one attached hydrogen (secondary N) is 1. The average Bonchev–Trinajstić information content (AvgIpc) is 2.55.